The van der Waals surface area contributed by atoms with Crippen LogP contribution in [0.5, 0.6) is 0 Å². The largest absolute Gasteiger partial charge is 0.465 e. The summed E-state index contributed by atoms with van der Waals surface area (Å²) >= 11 is 1.55. The van der Waals surface area contributed by atoms with Crippen molar-refractivity contribution >= 4 is 17.7 Å². The van der Waals surface area contributed by atoms with Gasteiger partial charge in [-0.3, -0.25) is 14.2 Å². The number of rotatable bonds is 10. The molecule has 0 radical (unpaired) electrons. The SMILES string of the molecule is CC(C)C(C)(C(=O)OCCCCSc1ncc(-c2ccccc2)c(=O)n1C)C(C)C. The van der Waals surface area contributed by atoms with Gasteiger partial charge in [0.25, 0.3) is 5.56 Å². The number of carbonyl (C=O) groups is 1. The molecular weight excluding hydrogens is 396 g/mol. The molecule has 2 aromatic rings. The van der Waals surface area contributed by atoms with Gasteiger partial charge in [-0.25, -0.2) is 4.98 Å². The Morgan fingerprint density at radius 2 is 1.77 bits per heavy atom. The van der Waals surface area contributed by atoms with Crippen molar-refractivity contribution in [2.75, 3.05) is 12.4 Å². The van der Waals surface area contributed by atoms with E-state index in [-0.39, 0.29) is 23.4 Å². The van der Waals surface area contributed by atoms with Crippen molar-refractivity contribution in [2.24, 2.45) is 24.3 Å². The molecule has 0 aliphatic carbocycles. The highest BCUT2D eigenvalue weighted by molar-refractivity contribution is 7.99. The lowest BCUT2D eigenvalue weighted by molar-refractivity contribution is -0.161. The van der Waals surface area contributed by atoms with E-state index in [0.29, 0.717) is 17.3 Å². The van der Waals surface area contributed by atoms with E-state index in [1.54, 1.807) is 29.6 Å². The number of benzene rings is 1. The summed E-state index contributed by atoms with van der Waals surface area (Å²) in [6.07, 6.45) is 3.33. The van der Waals surface area contributed by atoms with Gasteiger partial charge in [-0.05, 0) is 37.2 Å². The van der Waals surface area contributed by atoms with Crippen LogP contribution in [0.3, 0.4) is 0 Å². The quantitative estimate of drug-likeness (QED) is 0.225. The summed E-state index contributed by atoms with van der Waals surface area (Å²) in [6.45, 7) is 10.7. The van der Waals surface area contributed by atoms with Gasteiger partial charge in [0.2, 0.25) is 0 Å². The van der Waals surface area contributed by atoms with E-state index in [0.717, 1.165) is 24.2 Å². The zero-order valence-corrected chi connectivity index (χ0v) is 19.8. The predicted octanol–water partition coefficient (Wildman–Crippen LogP) is 5.18. The summed E-state index contributed by atoms with van der Waals surface area (Å²) in [5.41, 5.74) is 0.970. The van der Waals surface area contributed by atoms with Crippen LogP contribution < -0.4 is 5.56 Å². The topological polar surface area (TPSA) is 61.2 Å². The molecule has 0 spiro atoms. The predicted molar refractivity (Wildman–Crippen MR) is 124 cm³/mol. The molecule has 0 bridgehead atoms. The average molecular weight is 431 g/mol. The van der Waals surface area contributed by atoms with Crippen LogP contribution in [0.15, 0.2) is 46.5 Å². The number of aromatic nitrogens is 2. The molecule has 0 atom stereocenters. The maximum Gasteiger partial charge on any atom is 0.312 e. The molecule has 1 heterocycles. The highest BCUT2D eigenvalue weighted by atomic mass is 32.2. The fraction of sp³-hybridized carbons (Fsp3) is 0.542. The molecule has 30 heavy (non-hydrogen) atoms. The highest BCUT2D eigenvalue weighted by Crippen LogP contribution is 2.36. The van der Waals surface area contributed by atoms with Gasteiger partial charge in [0, 0.05) is 19.0 Å². The van der Waals surface area contributed by atoms with Crippen LogP contribution in [-0.4, -0.2) is 27.9 Å². The summed E-state index contributed by atoms with van der Waals surface area (Å²) in [5.74, 6) is 1.16. The fourth-order valence-electron chi connectivity index (χ4n) is 3.30. The number of hydrogen-bond acceptors (Lipinski definition) is 5. The maximum absolute atomic E-state index is 12.7. The molecule has 0 N–H and O–H groups in total. The number of thioether (sulfide) groups is 1. The van der Waals surface area contributed by atoms with Crippen molar-refractivity contribution in [3.05, 3.63) is 46.9 Å². The van der Waals surface area contributed by atoms with Crippen molar-refractivity contribution in [3.8, 4) is 11.1 Å². The number of carbonyl (C=O) groups excluding carboxylic acids is 1. The third kappa shape index (κ3) is 5.54. The van der Waals surface area contributed by atoms with Gasteiger partial charge in [0.1, 0.15) is 0 Å². The minimum absolute atomic E-state index is 0.0470. The molecule has 0 amide bonds. The van der Waals surface area contributed by atoms with Gasteiger partial charge in [0.05, 0.1) is 17.6 Å². The van der Waals surface area contributed by atoms with E-state index < -0.39 is 5.41 Å². The number of nitrogens with zero attached hydrogens (tertiary/aromatic N) is 2. The lowest BCUT2D eigenvalue weighted by Crippen LogP contribution is -2.39. The van der Waals surface area contributed by atoms with Crippen LogP contribution in [0.4, 0.5) is 0 Å². The van der Waals surface area contributed by atoms with E-state index in [1.807, 2.05) is 37.3 Å². The summed E-state index contributed by atoms with van der Waals surface area (Å²) in [7, 11) is 1.75. The Balaban J connectivity index is 1.83. The maximum atomic E-state index is 12.7. The van der Waals surface area contributed by atoms with Gasteiger partial charge >= 0.3 is 5.97 Å². The molecule has 0 aliphatic heterocycles. The molecule has 2 rings (SSSR count). The molecule has 0 fully saturated rings. The molecule has 0 saturated carbocycles. The van der Waals surface area contributed by atoms with Gasteiger partial charge < -0.3 is 4.74 Å². The Bertz CT molecular complexity index is 883. The smallest absolute Gasteiger partial charge is 0.312 e. The normalized spacial score (nSPS) is 11.9. The molecule has 6 heteroatoms. The van der Waals surface area contributed by atoms with Gasteiger partial charge in [-0.2, -0.15) is 0 Å². The van der Waals surface area contributed by atoms with Crippen LogP contribution >= 0.6 is 11.8 Å². The van der Waals surface area contributed by atoms with Crippen LogP contribution in [0.2, 0.25) is 0 Å². The average Bonchev–Trinajstić information content (AvgIpc) is 2.72. The highest BCUT2D eigenvalue weighted by Gasteiger charge is 2.41. The second-order valence-electron chi connectivity index (χ2n) is 8.47. The van der Waals surface area contributed by atoms with Crippen LogP contribution in [-0.2, 0) is 16.6 Å². The summed E-state index contributed by atoms with van der Waals surface area (Å²) in [4.78, 5) is 29.7. The van der Waals surface area contributed by atoms with E-state index in [4.69, 9.17) is 4.74 Å². The number of ether oxygens (including phenoxy) is 1. The molecule has 0 unspecified atom stereocenters. The summed E-state index contributed by atoms with van der Waals surface area (Å²) < 4.78 is 7.17. The molecule has 5 nitrogen and oxygen atoms in total. The lowest BCUT2D eigenvalue weighted by Gasteiger charge is -2.35. The monoisotopic (exact) mass is 430 g/mol. The number of hydrogen-bond donors (Lipinski definition) is 0. The Morgan fingerprint density at radius 1 is 1.13 bits per heavy atom. The standard InChI is InChI=1S/C24H34N2O3S/c1-17(2)24(5,18(3)4)22(28)29-14-10-11-15-30-23-25-16-20(21(27)26(23)6)19-12-8-7-9-13-19/h7-9,12-13,16-18H,10-11,14-15H2,1-6H3. The second kappa shape index (κ2) is 10.8. The summed E-state index contributed by atoms with van der Waals surface area (Å²) in [6, 6.07) is 9.57. The molecule has 1 aromatic heterocycles. The Hall–Kier alpha value is -2.08. The Morgan fingerprint density at radius 3 is 2.37 bits per heavy atom. The number of esters is 1. The fourth-order valence-corrected chi connectivity index (χ4v) is 4.24. The first-order valence-corrected chi connectivity index (χ1v) is 11.6. The molecular formula is C24H34N2O3S. The third-order valence-electron chi connectivity index (χ3n) is 6.05. The Labute approximate surface area is 184 Å². The zero-order chi connectivity index (χ0) is 22.3. The molecule has 0 saturated heterocycles. The van der Waals surface area contributed by atoms with E-state index >= 15 is 0 Å². The molecule has 1 aromatic carbocycles. The van der Waals surface area contributed by atoms with Crippen molar-refractivity contribution < 1.29 is 9.53 Å². The van der Waals surface area contributed by atoms with Gasteiger partial charge in [-0.1, -0.05) is 69.8 Å². The van der Waals surface area contributed by atoms with Gasteiger partial charge in [-0.15, -0.1) is 0 Å². The first-order chi connectivity index (χ1) is 14.2. The third-order valence-corrected chi connectivity index (χ3v) is 7.18. The van der Waals surface area contributed by atoms with E-state index in [2.05, 4.69) is 32.7 Å². The summed E-state index contributed by atoms with van der Waals surface area (Å²) in [5, 5.41) is 0.698. The van der Waals surface area contributed by atoms with Crippen LogP contribution in [0, 0.1) is 17.3 Å². The van der Waals surface area contributed by atoms with Crippen LogP contribution in [0.25, 0.3) is 11.1 Å². The van der Waals surface area contributed by atoms with Crippen molar-refractivity contribution in [2.45, 2.75) is 52.6 Å². The van der Waals surface area contributed by atoms with Crippen molar-refractivity contribution in [1.29, 1.82) is 0 Å². The Kier molecular flexibility index (Phi) is 8.71. The van der Waals surface area contributed by atoms with E-state index in [9.17, 15) is 9.59 Å². The molecule has 0 aliphatic rings. The minimum Gasteiger partial charge on any atom is -0.465 e. The van der Waals surface area contributed by atoms with Gasteiger partial charge in [0.15, 0.2) is 5.16 Å². The van der Waals surface area contributed by atoms with Crippen molar-refractivity contribution in [1.82, 2.24) is 9.55 Å². The van der Waals surface area contributed by atoms with Crippen molar-refractivity contribution in [3.63, 3.8) is 0 Å². The van der Waals surface area contributed by atoms with Crippen LogP contribution in [0.1, 0.15) is 47.5 Å². The molecule has 164 valence electrons. The second-order valence-corrected chi connectivity index (χ2v) is 9.53. The first kappa shape index (κ1) is 24.2. The van der Waals surface area contributed by atoms with E-state index in [1.165, 1.54) is 0 Å². The zero-order valence-electron chi connectivity index (χ0n) is 19.0. The minimum atomic E-state index is -0.461. The number of unbranched alkanes of at least 4 members (excludes halogenated alkanes) is 1. The first-order valence-electron chi connectivity index (χ1n) is 10.6. The lowest BCUT2D eigenvalue weighted by atomic mass is 9.70.